The van der Waals surface area contributed by atoms with E-state index in [9.17, 15) is 0 Å². The van der Waals surface area contributed by atoms with Crippen LogP contribution in [0.15, 0.2) is 23.2 Å². The fourth-order valence-corrected chi connectivity index (χ4v) is 2.88. The molecular formula is C16H24IN3O2. The van der Waals surface area contributed by atoms with Crippen molar-refractivity contribution in [2.75, 3.05) is 27.3 Å². The van der Waals surface area contributed by atoms with Crippen LogP contribution in [0.1, 0.15) is 24.8 Å². The van der Waals surface area contributed by atoms with Gasteiger partial charge >= 0.3 is 0 Å². The van der Waals surface area contributed by atoms with E-state index >= 15 is 0 Å². The van der Waals surface area contributed by atoms with Crippen molar-refractivity contribution in [2.45, 2.75) is 31.2 Å². The first-order chi connectivity index (χ1) is 10.2. The van der Waals surface area contributed by atoms with Crippen LogP contribution in [0.3, 0.4) is 0 Å². The predicted molar refractivity (Wildman–Crippen MR) is 98.7 cm³/mol. The molecule has 1 spiro atoms. The lowest BCUT2D eigenvalue weighted by Crippen LogP contribution is -2.54. The van der Waals surface area contributed by atoms with Gasteiger partial charge in [-0.15, -0.1) is 24.0 Å². The predicted octanol–water partition coefficient (Wildman–Crippen LogP) is 2.34. The van der Waals surface area contributed by atoms with Crippen LogP contribution in [0.25, 0.3) is 0 Å². The van der Waals surface area contributed by atoms with Gasteiger partial charge in [-0.25, -0.2) is 0 Å². The lowest BCUT2D eigenvalue weighted by atomic mass is 9.77. The van der Waals surface area contributed by atoms with E-state index in [4.69, 9.17) is 9.47 Å². The van der Waals surface area contributed by atoms with Gasteiger partial charge in [0.05, 0.1) is 26.3 Å². The van der Waals surface area contributed by atoms with E-state index in [1.165, 1.54) is 24.8 Å². The van der Waals surface area contributed by atoms with Gasteiger partial charge in [0.25, 0.3) is 0 Å². The molecule has 5 nitrogen and oxygen atoms in total. The summed E-state index contributed by atoms with van der Waals surface area (Å²) in [6.07, 6.45) is 4.71. The van der Waals surface area contributed by atoms with E-state index in [1.807, 2.05) is 18.2 Å². The van der Waals surface area contributed by atoms with E-state index in [1.54, 1.807) is 14.2 Å². The summed E-state index contributed by atoms with van der Waals surface area (Å²) in [6.45, 7) is 1.76. The Kier molecular flexibility index (Phi) is 5.77. The standard InChI is InChI=1S/C16H23N3O2.HI/c1-20-13-8-12(9-14(10-13)21-2)4-7-17-15-18-11-16(19-15)5-3-6-16;/h8-10H,3-7,11H2,1-2H3,(H2,17,18,19);1H. The Morgan fingerprint density at radius 2 is 1.86 bits per heavy atom. The van der Waals surface area contributed by atoms with E-state index < -0.39 is 0 Å². The van der Waals surface area contributed by atoms with Gasteiger partial charge in [-0.3, -0.25) is 4.99 Å². The summed E-state index contributed by atoms with van der Waals surface area (Å²) < 4.78 is 10.6. The Labute approximate surface area is 148 Å². The summed E-state index contributed by atoms with van der Waals surface area (Å²) in [7, 11) is 3.35. The second-order valence-corrected chi connectivity index (χ2v) is 5.82. The first-order valence-corrected chi connectivity index (χ1v) is 7.51. The lowest BCUT2D eigenvalue weighted by molar-refractivity contribution is 0.241. The van der Waals surface area contributed by atoms with Crippen LogP contribution in [0.5, 0.6) is 11.5 Å². The zero-order valence-corrected chi connectivity index (χ0v) is 15.5. The Bertz CT molecular complexity index is 522. The average molecular weight is 417 g/mol. The number of nitrogens with one attached hydrogen (secondary N) is 2. The fourth-order valence-electron chi connectivity index (χ4n) is 2.88. The number of aliphatic imine (C=N–C) groups is 1. The number of methoxy groups -OCH3 is 2. The molecule has 0 unspecified atom stereocenters. The Morgan fingerprint density at radius 1 is 1.18 bits per heavy atom. The Morgan fingerprint density at radius 3 is 2.36 bits per heavy atom. The van der Waals surface area contributed by atoms with Crippen LogP contribution in [0, 0.1) is 0 Å². The number of guanidine groups is 1. The molecule has 1 saturated carbocycles. The van der Waals surface area contributed by atoms with Gasteiger partial charge < -0.3 is 20.1 Å². The van der Waals surface area contributed by atoms with Crippen molar-refractivity contribution in [1.29, 1.82) is 0 Å². The molecule has 22 heavy (non-hydrogen) atoms. The minimum atomic E-state index is 0. The van der Waals surface area contributed by atoms with Gasteiger partial charge in [-0.1, -0.05) is 0 Å². The molecule has 0 atom stereocenters. The molecule has 0 saturated heterocycles. The molecule has 1 aliphatic carbocycles. The molecule has 1 aromatic rings. The maximum atomic E-state index is 5.29. The van der Waals surface area contributed by atoms with Gasteiger partial charge in [-0.05, 0) is 43.4 Å². The summed E-state index contributed by atoms with van der Waals surface area (Å²) in [5, 5.41) is 6.91. The van der Waals surface area contributed by atoms with Crippen LogP contribution < -0.4 is 20.1 Å². The molecule has 3 rings (SSSR count). The van der Waals surface area contributed by atoms with Crippen molar-refractivity contribution in [3.63, 3.8) is 0 Å². The second kappa shape index (κ2) is 7.39. The third-order valence-corrected chi connectivity index (χ3v) is 4.35. The number of nitrogens with zero attached hydrogens (tertiary/aromatic N) is 1. The maximum absolute atomic E-state index is 5.29. The molecule has 1 fully saturated rings. The van der Waals surface area contributed by atoms with Crippen molar-refractivity contribution in [3.05, 3.63) is 23.8 Å². The number of rotatable bonds is 5. The molecule has 2 aliphatic rings. The highest BCUT2D eigenvalue weighted by atomic mass is 127. The van der Waals surface area contributed by atoms with Crippen LogP contribution in [0.2, 0.25) is 0 Å². The molecule has 0 aromatic heterocycles. The van der Waals surface area contributed by atoms with Crippen LogP contribution >= 0.6 is 24.0 Å². The van der Waals surface area contributed by atoms with Gasteiger partial charge in [0, 0.05) is 12.6 Å². The Balaban J connectivity index is 0.00000176. The lowest BCUT2D eigenvalue weighted by Gasteiger charge is -2.38. The van der Waals surface area contributed by atoms with Crippen molar-refractivity contribution in [3.8, 4) is 11.5 Å². The molecule has 0 amide bonds. The van der Waals surface area contributed by atoms with E-state index in [2.05, 4.69) is 15.6 Å². The summed E-state index contributed by atoms with van der Waals surface area (Å²) in [4.78, 5) is 4.55. The van der Waals surface area contributed by atoms with Gasteiger partial charge in [-0.2, -0.15) is 0 Å². The normalized spacial score (nSPS) is 17.8. The quantitative estimate of drug-likeness (QED) is 0.723. The zero-order valence-electron chi connectivity index (χ0n) is 13.1. The molecule has 0 bridgehead atoms. The van der Waals surface area contributed by atoms with Gasteiger partial charge in [0.15, 0.2) is 5.96 Å². The molecule has 1 aliphatic heterocycles. The van der Waals surface area contributed by atoms with Gasteiger partial charge in [0.2, 0.25) is 0 Å². The highest BCUT2D eigenvalue weighted by molar-refractivity contribution is 14.0. The molecular weight excluding hydrogens is 393 g/mol. The first-order valence-electron chi connectivity index (χ1n) is 7.51. The van der Waals surface area contributed by atoms with E-state index in [0.29, 0.717) is 0 Å². The summed E-state index contributed by atoms with van der Waals surface area (Å²) in [5.74, 6) is 2.60. The number of ether oxygens (including phenoxy) is 2. The highest BCUT2D eigenvalue weighted by Gasteiger charge is 2.40. The highest BCUT2D eigenvalue weighted by Crippen LogP contribution is 2.34. The topological polar surface area (TPSA) is 54.9 Å². The number of hydrogen-bond donors (Lipinski definition) is 2. The maximum Gasteiger partial charge on any atom is 0.191 e. The fraction of sp³-hybridized carbons (Fsp3) is 0.562. The second-order valence-electron chi connectivity index (χ2n) is 5.82. The average Bonchev–Trinajstić information content (AvgIpc) is 2.91. The minimum Gasteiger partial charge on any atom is -0.497 e. The summed E-state index contributed by atoms with van der Waals surface area (Å²) >= 11 is 0. The van der Waals surface area contributed by atoms with Crippen molar-refractivity contribution >= 4 is 29.9 Å². The van der Waals surface area contributed by atoms with Crippen LogP contribution in [0.4, 0.5) is 0 Å². The van der Waals surface area contributed by atoms with E-state index in [0.717, 1.165) is 37.0 Å². The molecule has 2 N–H and O–H groups in total. The molecule has 1 aromatic carbocycles. The van der Waals surface area contributed by atoms with Crippen LogP contribution in [-0.2, 0) is 6.42 Å². The Hall–Kier alpha value is -1.18. The molecule has 0 radical (unpaired) electrons. The third kappa shape index (κ3) is 3.77. The summed E-state index contributed by atoms with van der Waals surface area (Å²) in [6, 6.07) is 5.98. The van der Waals surface area contributed by atoms with Crippen molar-refractivity contribution in [2.24, 2.45) is 4.99 Å². The third-order valence-electron chi connectivity index (χ3n) is 4.35. The number of halogens is 1. The number of benzene rings is 1. The SMILES string of the molecule is COc1cc(CCNC2=NCC3(CCC3)N2)cc(OC)c1.I. The minimum absolute atomic E-state index is 0. The first kappa shape index (κ1) is 17.2. The zero-order chi connectivity index (χ0) is 14.7. The van der Waals surface area contributed by atoms with E-state index in [-0.39, 0.29) is 29.5 Å². The van der Waals surface area contributed by atoms with Crippen molar-refractivity contribution in [1.82, 2.24) is 10.6 Å². The monoisotopic (exact) mass is 417 g/mol. The largest absolute Gasteiger partial charge is 0.497 e. The molecule has 6 heteroatoms. The smallest absolute Gasteiger partial charge is 0.191 e. The molecule has 1 heterocycles. The molecule has 122 valence electrons. The van der Waals surface area contributed by atoms with Gasteiger partial charge in [0.1, 0.15) is 11.5 Å². The number of hydrogen-bond acceptors (Lipinski definition) is 5. The summed E-state index contributed by atoms with van der Waals surface area (Å²) in [5.41, 5.74) is 1.47. The van der Waals surface area contributed by atoms with Crippen LogP contribution in [-0.4, -0.2) is 38.8 Å². The van der Waals surface area contributed by atoms with Crippen molar-refractivity contribution < 1.29 is 9.47 Å².